The first-order valence-electron chi connectivity index (χ1n) is 7.66. The summed E-state index contributed by atoms with van der Waals surface area (Å²) in [4.78, 5) is 17.5. The van der Waals surface area contributed by atoms with E-state index in [0.29, 0.717) is 13.0 Å². The molecule has 2 rings (SSSR count). The third-order valence-corrected chi connectivity index (χ3v) is 4.23. The largest absolute Gasteiger partial charge is 0.356 e. The second-order valence-corrected chi connectivity index (χ2v) is 7.92. The van der Waals surface area contributed by atoms with Crippen LogP contribution in [0.3, 0.4) is 0 Å². The summed E-state index contributed by atoms with van der Waals surface area (Å²) in [7, 11) is 0. The number of nitrogens with one attached hydrogen (secondary N) is 1. The van der Waals surface area contributed by atoms with Crippen molar-refractivity contribution in [1.82, 2.24) is 10.3 Å². The van der Waals surface area contributed by atoms with Gasteiger partial charge in [-0.1, -0.05) is 51.1 Å². The van der Waals surface area contributed by atoms with E-state index in [-0.39, 0.29) is 11.3 Å². The van der Waals surface area contributed by atoms with Gasteiger partial charge in [0, 0.05) is 36.9 Å². The van der Waals surface area contributed by atoms with Crippen LogP contribution >= 0.6 is 11.3 Å². The van der Waals surface area contributed by atoms with Crippen LogP contribution in [0.5, 0.6) is 0 Å². The third-order valence-electron chi connectivity index (χ3n) is 3.17. The van der Waals surface area contributed by atoms with Crippen LogP contribution in [0.1, 0.15) is 42.6 Å². The smallest absolute Gasteiger partial charge is 0.220 e. The molecule has 4 heteroatoms. The Kier molecular flexibility index (Phi) is 5.72. The minimum Gasteiger partial charge on any atom is -0.356 e. The van der Waals surface area contributed by atoms with Crippen LogP contribution in [0.2, 0.25) is 0 Å². The molecular weight excluding hydrogens is 292 g/mol. The molecule has 22 heavy (non-hydrogen) atoms. The highest BCUT2D eigenvalue weighted by Gasteiger charge is 2.15. The summed E-state index contributed by atoms with van der Waals surface area (Å²) >= 11 is 1.73. The lowest BCUT2D eigenvalue weighted by molar-refractivity contribution is -0.122. The Hall–Kier alpha value is -1.68. The van der Waals surface area contributed by atoms with Gasteiger partial charge in [-0.3, -0.25) is 4.79 Å². The van der Waals surface area contributed by atoms with Crippen LogP contribution < -0.4 is 5.32 Å². The molecule has 0 saturated carbocycles. The van der Waals surface area contributed by atoms with Gasteiger partial charge in [0.05, 0.1) is 5.01 Å². The molecule has 118 valence electrons. The van der Waals surface area contributed by atoms with E-state index in [4.69, 9.17) is 0 Å². The fourth-order valence-electron chi connectivity index (χ4n) is 2.20. The maximum absolute atomic E-state index is 11.8. The number of nitrogens with zero attached hydrogens (tertiary/aromatic N) is 1. The molecule has 0 fully saturated rings. The number of thiazole rings is 1. The number of hydrogen-bond donors (Lipinski definition) is 1. The monoisotopic (exact) mass is 316 g/mol. The molecule has 1 aromatic heterocycles. The number of benzene rings is 1. The number of aromatic nitrogens is 1. The van der Waals surface area contributed by atoms with Gasteiger partial charge in [-0.15, -0.1) is 11.3 Å². The Bertz CT molecular complexity index is 599. The summed E-state index contributed by atoms with van der Waals surface area (Å²) in [5.74, 6) is 0.119. The van der Waals surface area contributed by atoms with Crippen LogP contribution in [0.25, 0.3) is 0 Å². The SMILES string of the molecule is CC(C)(C)CC(=O)NCCc1ncc(Cc2ccccc2)s1. The fraction of sp³-hybridized carbons (Fsp3) is 0.444. The van der Waals surface area contributed by atoms with Crippen molar-refractivity contribution in [2.24, 2.45) is 5.41 Å². The fourth-order valence-corrected chi connectivity index (χ4v) is 3.15. The van der Waals surface area contributed by atoms with Gasteiger partial charge in [0.25, 0.3) is 0 Å². The summed E-state index contributed by atoms with van der Waals surface area (Å²) in [5.41, 5.74) is 1.34. The number of carbonyl (C=O) groups excluding carboxylic acids is 1. The summed E-state index contributed by atoms with van der Waals surface area (Å²) in [5, 5.41) is 4.06. The zero-order valence-corrected chi connectivity index (χ0v) is 14.4. The Labute approximate surface area is 136 Å². The summed E-state index contributed by atoms with van der Waals surface area (Å²) < 4.78 is 0. The van der Waals surface area contributed by atoms with Crippen LogP contribution in [-0.2, 0) is 17.6 Å². The minimum absolute atomic E-state index is 0.0358. The van der Waals surface area contributed by atoms with Gasteiger partial charge < -0.3 is 5.32 Å². The van der Waals surface area contributed by atoms with Gasteiger partial charge in [-0.05, 0) is 11.0 Å². The lowest BCUT2D eigenvalue weighted by Gasteiger charge is -2.16. The van der Waals surface area contributed by atoms with Gasteiger partial charge in [0.15, 0.2) is 0 Å². The predicted octanol–water partition coefficient (Wildman–Crippen LogP) is 3.83. The average Bonchev–Trinajstić information content (AvgIpc) is 2.85. The summed E-state index contributed by atoms with van der Waals surface area (Å²) in [6.45, 7) is 6.88. The van der Waals surface area contributed by atoms with Crippen LogP contribution in [0.4, 0.5) is 0 Å². The Morgan fingerprint density at radius 1 is 1.23 bits per heavy atom. The summed E-state index contributed by atoms with van der Waals surface area (Å²) in [6, 6.07) is 10.4. The zero-order valence-electron chi connectivity index (χ0n) is 13.6. The molecule has 0 aliphatic carbocycles. The standard InChI is InChI=1S/C18H24N2OS/c1-18(2,3)12-16(21)19-10-9-17-20-13-15(22-17)11-14-7-5-4-6-8-14/h4-8,13H,9-12H2,1-3H3,(H,19,21). The van der Waals surface area contributed by atoms with Crippen LogP contribution in [-0.4, -0.2) is 17.4 Å². The van der Waals surface area contributed by atoms with E-state index in [0.717, 1.165) is 17.8 Å². The highest BCUT2D eigenvalue weighted by molar-refractivity contribution is 7.11. The molecule has 1 N–H and O–H groups in total. The van der Waals surface area contributed by atoms with E-state index in [1.807, 2.05) is 12.3 Å². The molecule has 1 aromatic carbocycles. The molecule has 0 spiro atoms. The first-order valence-corrected chi connectivity index (χ1v) is 8.48. The van der Waals surface area contributed by atoms with Crippen molar-refractivity contribution in [3.8, 4) is 0 Å². The summed E-state index contributed by atoms with van der Waals surface area (Å²) in [6.07, 6.45) is 4.23. The number of amides is 1. The van der Waals surface area contributed by atoms with Crippen molar-refractivity contribution >= 4 is 17.2 Å². The molecule has 1 heterocycles. The Balaban J connectivity index is 1.77. The Morgan fingerprint density at radius 2 is 1.95 bits per heavy atom. The maximum atomic E-state index is 11.8. The van der Waals surface area contributed by atoms with Gasteiger partial charge in [0.1, 0.15) is 0 Å². The lowest BCUT2D eigenvalue weighted by atomic mass is 9.92. The van der Waals surface area contributed by atoms with Crippen molar-refractivity contribution in [3.05, 3.63) is 52.0 Å². The van der Waals surface area contributed by atoms with E-state index < -0.39 is 0 Å². The molecular formula is C18H24N2OS. The minimum atomic E-state index is 0.0358. The normalized spacial score (nSPS) is 11.4. The van der Waals surface area contributed by atoms with E-state index in [1.165, 1.54) is 10.4 Å². The van der Waals surface area contributed by atoms with E-state index in [2.05, 4.69) is 55.3 Å². The van der Waals surface area contributed by atoms with E-state index in [1.54, 1.807) is 11.3 Å². The van der Waals surface area contributed by atoms with Gasteiger partial charge >= 0.3 is 0 Å². The van der Waals surface area contributed by atoms with Gasteiger partial charge in [-0.2, -0.15) is 0 Å². The maximum Gasteiger partial charge on any atom is 0.220 e. The molecule has 1 amide bonds. The molecule has 0 saturated heterocycles. The van der Waals surface area contributed by atoms with Crippen molar-refractivity contribution in [3.63, 3.8) is 0 Å². The molecule has 0 bridgehead atoms. The number of hydrogen-bond acceptors (Lipinski definition) is 3. The highest BCUT2D eigenvalue weighted by Crippen LogP contribution is 2.19. The Morgan fingerprint density at radius 3 is 2.64 bits per heavy atom. The zero-order chi connectivity index (χ0) is 16.0. The number of rotatable bonds is 6. The molecule has 0 radical (unpaired) electrons. The van der Waals surface area contributed by atoms with Crippen molar-refractivity contribution in [1.29, 1.82) is 0 Å². The third kappa shape index (κ3) is 5.98. The van der Waals surface area contributed by atoms with Crippen molar-refractivity contribution < 1.29 is 4.79 Å². The molecule has 0 atom stereocenters. The van der Waals surface area contributed by atoms with Crippen molar-refractivity contribution in [2.45, 2.75) is 40.0 Å². The van der Waals surface area contributed by atoms with E-state index in [9.17, 15) is 4.79 Å². The first kappa shape index (κ1) is 16.7. The first-order chi connectivity index (χ1) is 10.4. The molecule has 0 aliphatic heterocycles. The topological polar surface area (TPSA) is 42.0 Å². The molecule has 0 aliphatic rings. The predicted molar refractivity (Wildman–Crippen MR) is 92.1 cm³/mol. The lowest BCUT2D eigenvalue weighted by Crippen LogP contribution is -2.29. The van der Waals surface area contributed by atoms with Gasteiger partial charge in [0.2, 0.25) is 5.91 Å². The number of carbonyl (C=O) groups is 1. The van der Waals surface area contributed by atoms with E-state index >= 15 is 0 Å². The average molecular weight is 316 g/mol. The molecule has 2 aromatic rings. The van der Waals surface area contributed by atoms with Crippen LogP contribution in [0.15, 0.2) is 36.5 Å². The second-order valence-electron chi connectivity index (χ2n) is 6.72. The quantitative estimate of drug-likeness (QED) is 0.880. The van der Waals surface area contributed by atoms with Crippen molar-refractivity contribution in [2.75, 3.05) is 6.54 Å². The van der Waals surface area contributed by atoms with Crippen LogP contribution in [0, 0.1) is 5.41 Å². The highest BCUT2D eigenvalue weighted by atomic mass is 32.1. The second kappa shape index (κ2) is 7.54. The molecule has 3 nitrogen and oxygen atoms in total. The molecule has 0 unspecified atom stereocenters. The van der Waals surface area contributed by atoms with Gasteiger partial charge in [-0.25, -0.2) is 4.98 Å².